The molecule has 0 aliphatic heterocycles. The van der Waals surface area contributed by atoms with Crippen molar-refractivity contribution >= 4 is 11.6 Å². The van der Waals surface area contributed by atoms with Crippen molar-refractivity contribution in [2.75, 3.05) is 0 Å². The first-order chi connectivity index (χ1) is 8.59. The molecule has 3 rings (SSSR count). The summed E-state index contributed by atoms with van der Waals surface area (Å²) in [7, 11) is 1.96. The van der Waals surface area contributed by atoms with Crippen LogP contribution in [-0.4, -0.2) is 15.8 Å². The largest absolute Gasteiger partial charge is 0.327 e. The third-order valence-electron chi connectivity index (χ3n) is 4.91. The monoisotopic (exact) mass is 267 g/mol. The van der Waals surface area contributed by atoms with Gasteiger partial charge in [-0.3, -0.25) is 4.68 Å². The highest BCUT2D eigenvalue weighted by molar-refractivity contribution is 6.31. The van der Waals surface area contributed by atoms with Gasteiger partial charge in [-0.05, 0) is 37.5 Å². The molecule has 0 radical (unpaired) electrons. The molecule has 0 saturated heterocycles. The smallest absolute Gasteiger partial charge is 0.0847 e. The summed E-state index contributed by atoms with van der Waals surface area (Å²) in [5, 5.41) is 5.17. The Bertz CT molecular complexity index is 442. The number of nitrogens with two attached hydrogens (primary N) is 1. The molecule has 2 aliphatic carbocycles. The van der Waals surface area contributed by atoms with Crippen LogP contribution in [-0.2, 0) is 13.5 Å². The van der Waals surface area contributed by atoms with Crippen molar-refractivity contribution in [1.29, 1.82) is 0 Å². The van der Waals surface area contributed by atoms with Gasteiger partial charge in [0.25, 0.3) is 0 Å². The standard InChI is InChI=1S/C14H22ClN3/c1-8-14(15)12(18(2)17-8)7-11(16)13-9-5-3-4-6-10(9)13/h9-11,13H,3-7,16H2,1-2H3. The summed E-state index contributed by atoms with van der Waals surface area (Å²) in [6.45, 7) is 1.95. The van der Waals surface area contributed by atoms with Gasteiger partial charge in [-0.1, -0.05) is 24.4 Å². The first kappa shape index (κ1) is 12.5. The average molecular weight is 268 g/mol. The van der Waals surface area contributed by atoms with E-state index in [2.05, 4.69) is 5.10 Å². The fraction of sp³-hybridized carbons (Fsp3) is 0.786. The normalized spacial score (nSPS) is 32.1. The molecule has 2 saturated carbocycles. The van der Waals surface area contributed by atoms with E-state index < -0.39 is 0 Å². The molecule has 100 valence electrons. The highest BCUT2D eigenvalue weighted by atomic mass is 35.5. The molecule has 1 aromatic heterocycles. The summed E-state index contributed by atoms with van der Waals surface area (Å²) in [6.07, 6.45) is 6.45. The zero-order valence-electron chi connectivity index (χ0n) is 11.2. The predicted octanol–water partition coefficient (Wildman–Crippen LogP) is 2.69. The lowest BCUT2D eigenvalue weighted by Gasteiger charge is -2.12. The second kappa shape index (κ2) is 4.53. The Morgan fingerprint density at radius 2 is 2.00 bits per heavy atom. The summed E-state index contributed by atoms with van der Waals surface area (Å²) in [6, 6.07) is 0.255. The minimum absolute atomic E-state index is 0.255. The lowest BCUT2D eigenvalue weighted by Crippen LogP contribution is -2.28. The number of halogens is 1. The van der Waals surface area contributed by atoms with Crippen molar-refractivity contribution in [1.82, 2.24) is 9.78 Å². The molecule has 18 heavy (non-hydrogen) atoms. The number of fused-ring (bicyclic) bond motifs is 1. The highest BCUT2D eigenvalue weighted by Crippen LogP contribution is 2.56. The van der Waals surface area contributed by atoms with Gasteiger partial charge in [0.15, 0.2) is 0 Å². The zero-order valence-corrected chi connectivity index (χ0v) is 12.0. The van der Waals surface area contributed by atoms with Crippen molar-refractivity contribution in [2.45, 2.75) is 45.1 Å². The van der Waals surface area contributed by atoms with Gasteiger partial charge in [-0.2, -0.15) is 5.10 Å². The maximum atomic E-state index is 6.42. The van der Waals surface area contributed by atoms with E-state index >= 15 is 0 Å². The van der Waals surface area contributed by atoms with E-state index in [0.717, 1.165) is 40.6 Å². The van der Waals surface area contributed by atoms with E-state index in [1.165, 1.54) is 25.7 Å². The van der Waals surface area contributed by atoms with Crippen molar-refractivity contribution in [2.24, 2.45) is 30.5 Å². The molecule has 4 heteroatoms. The lowest BCUT2D eigenvalue weighted by atomic mass is 10.0. The fourth-order valence-electron chi connectivity index (χ4n) is 3.94. The first-order valence-corrected chi connectivity index (χ1v) is 7.41. The minimum Gasteiger partial charge on any atom is -0.327 e. The van der Waals surface area contributed by atoms with Gasteiger partial charge >= 0.3 is 0 Å². The van der Waals surface area contributed by atoms with Crippen LogP contribution >= 0.6 is 11.6 Å². The summed E-state index contributed by atoms with van der Waals surface area (Å²) in [5.74, 6) is 2.54. The molecule has 0 bridgehead atoms. The quantitative estimate of drug-likeness (QED) is 0.915. The number of aromatic nitrogens is 2. The minimum atomic E-state index is 0.255. The molecule has 3 unspecified atom stereocenters. The summed E-state index contributed by atoms with van der Waals surface area (Å²) in [4.78, 5) is 0. The number of rotatable bonds is 3. The SMILES string of the molecule is Cc1nn(C)c(CC(N)C2C3CCCCC32)c1Cl. The molecule has 1 heterocycles. The topological polar surface area (TPSA) is 43.8 Å². The molecule has 1 aromatic rings. The second-order valence-corrected chi connectivity index (χ2v) is 6.41. The van der Waals surface area contributed by atoms with Crippen LogP contribution in [0.5, 0.6) is 0 Å². The Balaban J connectivity index is 1.69. The van der Waals surface area contributed by atoms with E-state index in [0.29, 0.717) is 0 Å². The molecule has 2 fully saturated rings. The maximum Gasteiger partial charge on any atom is 0.0847 e. The molecular weight excluding hydrogens is 246 g/mol. The Morgan fingerprint density at radius 1 is 1.39 bits per heavy atom. The van der Waals surface area contributed by atoms with Crippen molar-refractivity contribution in [3.8, 4) is 0 Å². The molecule has 0 spiro atoms. The maximum absolute atomic E-state index is 6.42. The predicted molar refractivity (Wildman–Crippen MR) is 73.6 cm³/mol. The van der Waals surface area contributed by atoms with Crippen molar-refractivity contribution in [3.05, 3.63) is 16.4 Å². The number of hydrogen-bond donors (Lipinski definition) is 1. The third kappa shape index (κ3) is 1.97. The van der Waals surface area contributed by atoms with E-state index in [-0.39, 0.29) is 6.04 Å². The zero-order chi connectivity index (χ0) is 12.9. The highest BCUT2D eigenvalue weighted by Gasteiger charge is 2.53. The van der Waals surface area contributed by atoms with Crippen LogP contribution in [0.1, 0.15) is 37.1 Å². The van der Waals surface area contributed by atoms with Crippen LogP contribution in [0.2, 0.25) is 5.02 Å². The van der Waals surface area contributed by atoms with Gasteiger partial charge in [0, 0.05) is 19.5 Å². The van der Waals surface area contributed by atoms with Crippen LogP contribution in [0.3, 0.4) is 0 Å². The average Bonchev–Trinajstić information content (AvgIpc) is 3.03. The lowest BCUT2D eigenvalue weighted by molar-refractivity contribution is 0.480. The van der Waals surface area contributed by atoms with Gasteiger partial charge in [0.1, 0.15) is 0 Å². The van der Waals surface area contributed by atoms with Crippen LogP contribution in [0.4, 0.5) is 0 Å². The number of nitrogens with zero attached hydrogens (tertiary/aromatic N) is 2. The third-order valence-corrected chi connectivity index (χ3v) is 5.40. The Kier molecular flexibility index (Phi) is 3.15. The van der Waals surface area contributed by atoms with Gasteiger partial charge in [0.2, 0.25) is 0 Å². The van der Waals surface area contributed by atoms with Gasteiger partial charge < -0.3 is 5.73 Å². The van der Waals surface area contributed by atoms with E-state index in [1.807, 2.05) is 18.7 Å². The summed E-state index contributed by atoms with van der Waals surface area (Å²) in [5.41, 5.74) is 8.43. The van der Waals surface area contributed by atoms with Gasteiger partial charge in [0.05, 0.1) is 16.4 Å². The van der Waals surface area contributed by atoms with Crippen LogP contribution in [0.25, 0.3) is 0 Å². The molecule has 2 aliphatic rings. The summed E-state index contributed by atoms with van der Waals surface area (Å²) >= 11 is 6.30. The molecule has 2 N–H and O–H groups in total. The number of aryl methyl sites for hydroxylation is 2. The molecular formula is C14H22ClN3. The molecule has 3 nitrogen and oxygen atoms in total. The van der Waals surface area contributed by atoms with Crippen molar-refractivity contribution < 1.29 is 0 Å². The fourth-order valence-corrected chi connectivity index (χ4v) is 4.18. The van der Waals surface area contributed by atoms with E-state index in [9.17, 15) is 0 Å². The Morgan fingerprint density at radius 3 is 2.50 bits per heavy atom. The Labute approximate surface area is 114 Å². The summed E-state index contributed by atoms with van der Waals surface area (Å²) < 4.78 is 1.89. The second-order valence-electron chi connectivity index (χ2n) is 6.03. The van der Waals surface area contributed by atoms with Gasteiger partial charge in [-0.15, -0.1) is 0 Å². The van der Waals surface area contributed by atoms with E-state index in [1.54, 1.807) is 0 Å². The van der Waals surface area contributed by atoms with Crippen LogP contribution in [0, 0.1) is 24.7 Å². The molecule has 3 atom stereocenters. The van der Waals surface area contributed by atoms with Crippen LogP contribution in [0.15, 0.2) is 0 Å². The van der Waals surface area contributed by atoms with Gasteiger partial charge in [-0.25, -0.2) is 0 Å². The van der Waals surface area contributed by atoms with Crippen molar-refractivity contribution in [3.63, 3.8) is 0 Å². The Hall–Kier alpha value is -0.540. The van der Waals surface area contributed by atoms with Crippen LogP contribution < -0.4 is 5.73 Å². The molecule has 0 amide bonds. The van der Waals surface area contributed by atoms with E-state index in [4.69, 9.17) is 17.3 Å². The number of hydrogen-bond acceptors (Lipinski definition) is 2. The molecule has 0 aromatic carbocycles. The first-order valence-electron chi connectivity index (χ1n) is 7.03.